The molecule has 0 aliphatic rings. The van der Waals surface area contributed by atoms with Crippen molar-refractivity contribution < 1.29 is 22.4 Å². The predicted molar refractivity (Wildman–Crippen MR) is 157 cm³/mol. The number of halogens is 1. The van der Waals surface area contributed by atoms with E-state index in [0.717, 1.165) is 22.9 Å². The van der Waals surface area contributed by atoms with Crippen LogP contribution in [0.15, 0.2) is 72.8 Å². The monoisotopic (exact) mass is 567 g/mol. The Morgan fingerprint density at radius 2 is 1.60 bits per heavy atom. The number of benzene rings is 3. The van der Waals surface area contributed by atoms with Gasteiger partial charge in [-0.2, -0.15) is 0 Å². The topological polar surface area (TPSA) is 86.8 Å². The van der Waals surface area contributed by atoms with Gasteiger partial charge in [0.2, 0.25) is 21.8 Å². The minimum absolute atomic E-state index is 0.0305. The van der Waals surface area contributed by atoms with Crippen LogP contribution in [0.3, 0.4) is 0 Å². The summed E-state index contributed by atoms with van der Waals surface area (Å²) in [7, 11) is -3.60. The lowest BCUT2D eigenvalue weighted by Crippen LogP contribution is -2.50. The molecule has 3 aromatic carbocycles. The standard InChI is InChI=1S/C31H38FN3O4S/c1-5-33-31(37)29(21-25-12-7-6-8-13-25)34(22-26-16-18-27(32)19-17-26)30(36)15-10-20-35(40(4,38)39)28-14-9-11-23(2)24(28)3/h6-9,11-14,16-19,29H,5,10,15,20-22H2,1-4H3,(H,33,37)/t29-/m1/s1. The fourth-order valence-electron chi connectivity index (χ4n) is 4.62. The van der Waals surface area contributed by atoms with E-state index in [1.54, 1.807) is 18.2 Å². The zero-order valence-corrected chi connectivity index (χ0v) is 24.4. The molecular formula is C31H38FN3O4S. The SMILES string of the molecule is CCNC(=O)[C@@H](Cc1ccccc1)N(Cc1ccc(F)cc1)C(=O)CCCN(c1cccc(C)c1C)S(C)(=O)=O. The molecule has 7 nitrogen and oxygen atoms in total. The molecule has 3 aromatic rings. The second-order valence-electron chi connectivity index (χ2n) is 9.91. The number of rotatable bonds is 13. The maximum Gasteiger partial charge on any atom is 0.243 e. The van der Waals surface area contributed by atoms with Crippen LogP contribution in [0, 0.1) is 19.7 Å². The molecule has 0 saturated heterocycles. The first-order valence-electron chi connectivity index (χ1n) is 13.4. The Kier molecular flexibility index (Phi) is 10.8. The zero-order valence-electron chi connectivity index (χ0n) is 23.6. The third-order valence-corrected chi connectivity index (χ3v) is 8.07. The Labute approximate surface area is 237 Å². The van der Waals surface area contributed by atoms with Crippen LogP contribution in [-0.4, -0.2) is 50.5 Å². The van der Waals surface area contributed by atoms with Crippen LogP contribution in [-0.2, 0) is 32.6 Å². The van der Waals surface area contributed by atoms with E-state index in [2.05, 4.69) is 5.32 Å². The second-order valence-corrected chi connectivity index (χ2v) is 11.8. The largest absolute Gasteiger partial charge is 0.355 e. The van der Waals surface area contributed by atoms with E-state index in [4.69, 9.17) is 0 Å². The Balaban J connectivity index is 1.87. The Hall–Kier alpha value is -3.72. The van der Waals surface area contributed by atoms with Gasteiger partial charge in [-0.25, -0.2) is 12.8 Å². The van der Waals surface area contributed by atoms with Gasteiger partial charge < -0.3 is 10.2 Å². The first kappa shape index (κ1) is 30.8. The van der Waals surface area contributed by atoms with Crippen molar-refractivity contribution in [2.75, 3.05) is 23.7 Å². The number of hydrogen-bond donors (Lipinski definition) is 1. The molecule has 9 heteroatoms. The average Bonchev–Trinajstić information content (AvgIpc) is 2.91. The number of nitrogens with zero attached hydrogens (tertiary/aromatic N) is 2. The summed E-state index contributed by atoms with van der Waals surface area (Å²) in [6.07, 6.45) is 1.75. The van der Waals surface area contributed by atoms with Crippen molar-refractivity contribution in [2.45, 2.75) is 52.6 Å². The Bertz CT molecular complexity index is 1400. The van der Waals surface area contributed by atoms with Crippen LogP contribution in [0.5, 0.6) is 0 Å². The molecule has 2 amide bonds. The number of anilines is 1. The number of amides is 2. The van der Waals surface area contributed by atoms with Crippen LogP contribution < -0.4 is 9.62 Å². The smallest absolute Gasteiger partial charge is 0.243 e. The van der Waals surface area contributed by atoms with E-state index in [9.17, 15) is 22.4 Å². The maximum absolute atomic E-state index is 13.7. The van der Waals surface area contributed by atoms with E-state index in [1.807, 2.05) is 63.2 Å². The molecule has 0 radical (unpaired) electrons. The first-order chi connectivity index (χ1) is 19.0. The van der Waals surface area contributed by atoms with Gasteiger partial charge in [-0.3, -0.25) is 13.9 Å². The average molecular weight is 568 g/mol. The lowest BCUT2D eigenvalue weighted by molar-refractivity contribution is -0.141. The normalized spacial score (nSPS) is 12.0. The highest BCUT2D eigenvalue weighted by molar-refractivity contribution is 7.92. The lowest BCUT2D eigenvalue weighted by Gasteiger charge is -2.32. The lowest BCUT2D eigenvalue weighted by atomic mass is 10.0. The van der Waals surface area contributed by atoms with Crippen LogP contribution in [0.2, 0.25) is 0 Å². The van der Waals surface area contributed by atoms with Crippen LogP contribution in [0.4, 0.5) is 10.1 Å². The quantitative estimate of drug-likeness (QED) is 0.323. The summed E-state index contributed by atoms with van der Waals surface area (Å²) in [5.41, 5.74) is 4.00. The maximum atomic E-state index is 13.7. The third kappa shape index (κ3) is 8.39. The number of nitrogens with one attached hydrogen (secondary N) is 1. The van der Waals surface area contributed by atoms with E-state index >= 15 is 0 Å². The minimum atomic E-state index is -3.60. The number of aryl methyl sites for hydroxylation is 1. The molecule has 0 fully saturated rings. The van der Waals surface area contributed by atoms with Crippen molar-refractivity contribution in [3.05, 3.63) is 101 Å². The molecule has 1 N–H and O–H groups in total. The van der Waals surface area contributed by atoms with Gasteiger partial charge in [0, 0.05) is 32.5 Å². The number of carbonyl (C=O) groups is 2. The molecule has 0 unspecified atom stereocenters. The van der Waals surface area contributed by atoms with Crippen LogP contribution in [0.1, 0.15) is 42.0 Å². The van der Waals surface area contributed by atoms with E-state index in [1.165, 1.54) is 21.3 Å². The van der Waals surface area contributed by atoms with Crippen molar-refractivity contribution >= 4 is 27.5 Å². The first-order valence-corrected chi connectivity index (χ1v) is 15.3. The summed E-state index contributed by atoms with van der Waals surface area (Å²) >= 11 is 0. The molecule has 0 aromatic heterocycles. The third-order valence-electron chi connectivity index (χ3n) is 6.89. The highest BCUT2D eigenvalue weighted by Gasteiger charge is 2.30. The van der Waals surface area contributed by atoms with Gasteiger partial charge in [0.15, 0.2) is 0 Å². The van der Waals surface area contributed by atoms with E-state index in [-0.39, 0.29) is 37.7 Å². The second kappa shape index (κ2) is 14.1. The highest BCUT2D eigenvalue weighted by atomic mass is 32.2. The Morgan fingerprint density at radius 1 is 0.925 bits per heavy atom. The van der Waals surface area contributed by atoms with Crippen molar-refractivity contribution in [3.63, 3.8) is 0 Å². The minimum Gasteiger partial charge on any atom is -0.355 e. The van der Waals surface area contributed by atoms with Crippen molar-refractivity contribution in [2.24, 2.45) is 0 Å². The van der Waals surface area contributed by atoms with Gasteiger partial charge in [0.25, 0.3) is 0 Å². The van der Waals surface area contributed by atoms with Gasteiger partial charge >= 0.3 is 0 Å². The summed E-state index contributed by atoms with van der Waals surface area (Å²) < 4.78 is 40.3. The number of carbonyl (C=O) groups excluding carboxylic acids is 2. The molecule has 0 heterocycles. The van der Waals surface area contributed by atoms with Gasteiger partial charge in [-0.1, -0.05) is 54.6 Å². The molecule has 40 heavy (non-hydrogen) atoms. The van der Waals surface area contributed by atoms with Crippen molar-refractivity contribution in [1.82, 2.24) is 10.2 Å². The fourth-order valence-corrected chi connectivity index (χ4v) is 5.64. The van der Waals surface area contributed by atoms with Gasteiger partial charge in [-0.05, 0) is 67.6 Å². The molecule has 0 aliphatic heterocycles. The molecule has 214 valence electrons. The molecule has 0 saturated carbocycles. The summed E-state index contributed by atoms with van der Waals surface area (Å²) in [4.78, 5) is 28.5. The van der Waals surface area contributed by atoms with E-state index in [0.29, 0.717) is 24.2 Å². The molecule has 1 atom stereocenters. The molecule has 0 aliphatic carbocycles. The zero-order chi connectivity index (χ0) is 29.3. The summed E-state index contributed by atoms with van der Waals surface area (Å²) in [5.74, 6) is -0.959. The molecule has 0 spiro atoms. The molecule has 0 bridgehead atoms. The molecular weight excluding hydrogens is 529 g/mol. The van der Waals surface area contributed by atoms with E-state index < -0.39 is 21.9 Å². The van der Waals surface area contributed by atoms with Crippen molar-refractivity contribution in [3.8, 4) is 0 Å². The molecule has 3 rings (SSSR count). The number of likely N-dealkylation sites (N-methyl/N-ethyl adjacent to an activating group) is 1. The number of hydrogen-bond acceptors (Lipinski definition) is 4. The summed E-state index contributed by atoms with van der Waals surface area (Å²) in [6, 6.07) is 20.0. The van der Waals surface area contributed by atoms with Gasteiger partial charge in [-0.15, -0.1) is 0 Å². The van der Waals surface area contributed by atoms with Gasteiger partial charge in [0.05, 0.1) is 11.9 Å². The van der Waals surface area contributed by atoms with Crippen molar-refractivity contribution in [1.29, 1.82) is 0 Å². The predicted octanol–water partition coefficient (Wildman–Crippen LogP) is 4.76. The summed E-state index contributed by atoms with van der Waals surface area (Å²) in [5, 5.41) is 2.84. The van der Waals surface area contributed by atoms with Crippen LogP contribution >= 0.6 is 0 Å². The van der Waals surface area contributed by atoms with Crippen LogP contribution in [0.25, 0.3) is 0 Å². The Morgan fingerprint density at radius 3 is 2.23 bits per heavy atom. The number of sulfonamides is 1. The highest BCUT2D eigenvalue weighted by Crippen LogP contribution is 2.26. The fraction of sp³-hybridized carbons (Fsp3) is 0.355. The summed E-state index contributed by atoms with van der Waals surface area (Å²) in [6.45, 7) is 6.24. The van der Waals surface area contributed by atoms with Gasteiger partial charge in [0.1, 0.15) is 11.9 Å².